The van der Waals surface area contributed by atoms with E-state index >= 15 is 0 Å². The van der Waals surface area contributed by atoms with Crippen LogP contribution < -0.4 is 43.6 Å². The SMILES string of the molecule is COc1cc(-c2cccc(-n3c(C)ccc3C)n2)c(OC)cc1/C=C/CN(C)C.COc1cc(-c2cccc(-n3c(C)ccc3C)n2)c(OC)cc1C=O.COc1cc(-c2cccc(-n3c(C)ccc3C)n2)c(OC)cc1CCCN(C)C.COc1cc(-c2cccc(N)n2)c(OC)cc1CCCN(C)C. The van der Waals surface area contributed by atoms with Gasteiger partial charge in [0, 0.05) is 68.5 Å². The number of nitrogens with two attached hydrogens (primary N) is 1. The van der Waals surface area contributed by atoms with Gasteiger partial charge >= 0.3 is 0 Å². The summed E-state index contributed by atoms with van der Waals surface area (Å²) in [5.74, 6) is 9.05. The highest BCUT2D eigenvalue weighted by Gasteiger charge is 2.20. The number of aromatic nitrogens is 7. The first-order valence-corrected chi connectivity index (χ1v) is 35.2. The van der Waals surface area contributed by atoms with Crippen LogP contribution in [0.4, 0.5) is 5.82 Å². The third-order valence-electron chi connectivity index (χ3n) is 17.9. The molecule has 20 nitrogen and oxygen atoms in total. The van der Waals surface area contributed by atoms with Gasteiger partial charge in [0.2, 0.25) is 0 Å². The lowest BCUT2D eigenvalue weighted by molar-refractivity contribution is 0.112. The van der Waals surface area contributed by atoms with Crippen molar-refractivity contribution in [2.45, 2.75) is 67.2 Å². The second-order valence-electron chi connectivity index (χ2n) is 26.4. The van der Waals surface area contributed by atoms with Crippen molar-refractivity contribution in [1.82, 2.24) is 48.3 Å². The van der Waals surface area contributed by atoms with Gasteiger partial charge in [-0.25, -0.2) is 19.9 Å². The van der Waals surface area contributed by atoms with E-state index in [1.807, 2.05) is 125 Å². The average Bonchev–Trinajstić information content (AvgIpc) is 1.35. The maximum atomic E-state index is 11.2. The maximum absolute atomic E-state index is 11.2. The molecule has 0 amide bonds. The van der Waals surface area contributed by atoms with Crippen molar-refractivity contribution in [3.8, 4) is 108 Å². The first-order valence-electron chi connectivity index (χ1n) is 35.2. The molecule has 11 aromatic rings. The molecule has 0 saturated carbocycles. The van der Waals surface area contributed by atoms with Crippen molar-refractivity contribution in [2.75, 3.05) is 125 Å². The highest BCUT2D eigenvalue weighted by atomic mass is 16.5. The summed E-state index contributed by atoms with van der Waals surface area (Å²) in [6, 6.07) is 51.6. The topological polar surface area (TPSA) is 193 Å². The van der Waals surface area contributed by atoms with Crippen LogP contribution in [-0.2, 0) is 12.8 Å². The highest BCUT2D eigenvalue weighted by molar-refractivity contribution is 5.84. The van der Waals surface area contributed by atoms with Crippen molar-refractivity contribution in [3.63, 3.8) is 0 Å². The zero-order chi connectivity index (χ0) is 76.7. The van der Waals surface area contributed by atoms with Gasteiger partial charge in [-0.2, -0.15) is 0 Å². The van der Waals surface area contributed by atoms with E-state index in [1.165, 1.54) is 7.11 Å². The zero-order valence-corrected chi connectivity index (χ0v) is 65.4. The Hall–Kier alpha value is -11.2. The number of nitrogens with zero attached hydrogens (tertiary/aromatic N) is 10. The Morgan fingerprint density at radius 2 is 0.660 bits per heavy atom. The Balaban J connectivity index is 0.000000179. The van der Waals surface area contributed by atoms with Crippen molar-refractivity contribution in [3.05, 3.63) is 220 Å². The van der Waals surface area contributed by atoms with Crippen LogP contribution in [0.5, 0.6) is 46.0 Å². The van der Waals surface area contributed by atoms with E-state index in [9.17, 15) is 4.79 Å². The monoisotopic (exact) mass is 1440 g/mol. The highest BCUT2D eigenvalue weighted by Crippen LogP contribution is 2.41. The molecule has 558 valence electrons. The molecule has 0 radical (unpaired) electrons. The summed E-state index contributed by atoms with van der Waals surface area (Å²) in [6.45, 7) is 15.4. The van der Waals surface area contributed by atoms with Gasteiger partial charge in [-0.15, -0.1) is 0 Å². The van der Waals surface area contributed by atoms with E-state index in [2.05, 4.69) is 144 Å². The molecule has 0 fully saturated rings. The number of ether oxygens (including phenoxy) is 8. The third-order valence-corrected chi connectivity index (χ3v) is 17.9. The Labute approximate surface area is 626 Å². The number of aldehydes is 1. The molecule has 106 heavy (non-hydrogen) atoms. The summed E-state index contributed by atoms with van der Waals surface area (Å²) in [6.07, 6.45) is 8.90. The number of methoxy groups -OCH3 is 8. The minimum Gasteiger partial charge on any atom is -0.496 e. The van der Waals surface area contributed by atoms with Gasteiger partial charge in [0.15, 0.2) is 6.29 Å². The van der Waals surface area contributed by atoms with Crippen LogP contribution in [0.25, 0.3) is 68.6 Å². The molecule has 0 bridgehead atoms. The van der Waals surface area contributed by atoms with E-state index in [-0.39, 0.29) is 0 Å². The van der Waals surface area contributed by atoms with E-state index in [4.69, 9.17) is 58.6 Å². The van der Waals surface area contributed by atoms with Gasteiger partial charge in [-0.05, 0) is 267 Å². The number of hydrogen-bond acceptors (Lipinski definition) is 17. The number of nitrogen functional groups attached to an aromatic ring is 1. The van der Waals surface area contributed by atoms with Crippen LogP contribution in [0.3, 0.4) is 0 Å². The predicted octanol–water partition coefficient (Wildman–Crippen LogP) is 16.2. The molecular formula is C86H105N11O9. The van der Waals surface area contributed by atoms with E-state index < -0.39 is 0 Å². The molecule has 11 rings (SSSR count). The van der Waals surface area contributed by atoms with Crippen LogP contribution in [0.15, 0.2) is 164 Å². The van der Waals surface area contributed by atoms with Gasteiger partial charge in [-0.1, -0.05) is 36.4 Å². The molecule has 0 saturated heterocycles. The standard InChI is InChI=1S/C24H31N3O2.C24H29N3O2.C20H20N2O3.C18H25N3O2/c2*1-17-12-13-18(2)27(17)24-11-7-10-21(25-24)20-16-22(28-5)19(15-23(20)29-6)9-8-14-26(3)4;1-13-8-9-14(2)22(13)20-7-5-6-17(21-20)16-11-18(24-3)15(12-23)10-19(16)25-4;1-21(2)10-6-7-13-11-17(23-4)14(12-16(13)22-3)15-8-5-9-18(19)20-15/h7,10-13,15-16H,8-9,14H2,1-6H3;7-13,15-16H,14H2,1-6H3;5-12H,1-4H3;5,8-9,11-12H,6-7,10H2,1-4H3,(H2,19,20)/b;9-8+;;. The molecule has 0 aliphatic rings. The second-order valence-corrected chi connectivity index (χ2v) is 26.4. The molecule has 7 aromatic heterocycles. The molecule has 20 heteroatoms. The van der Waals surface area contributed by atoms with Crippen LogP contribution in [0, 0.1) is 41.5 Å². The minimum atomic E-state index is 0.441. The smallest absolute Gasteiger partial charge is 0.153 e. The number of carbonyl (C=O) groups is 1. The van der Waals surface area contributed by atoms with Crippen molar-refractivity contribution in [2.24, 2.45) is 0 Å². The fourth-order valence-electron chi connectivity index (χ4n) is 12.5. The molecule has 0 spiro atoms. The van der Waals surface area contributed by atoms with Gasteiger partial charge < -0.3 is 72.0 Å². The Morgan fingerprint density at radius 1 is 0.358 bits per heavy atom. The molecule has 0 atom stereocenters. The fraction of sp³-hybridized carbons (Fsp3) is 0.314. The number of aryl methyl sites for hydroxylation is 8. The Morgan fingerprint density at radius 3 is 0.972 bits per heavy atom. The van der Waals surface area contributed by atoms with E-state index in [0.29, 0.717) is 22.9 Å². The van der Waals surface area contributed by atoms with Crippen LogP contribution in [-0.4, -0.2) is 173 Å². The summed E-state index contributed by atoms with van der Waals surface area (Å²) in [4.78, 5) is 36.7. The second kappa shape index (κ2) is 38.5. The number of anilines is 1. The van der Waals surface area contributed by atoms with Crippen LogP contribution in [0.1, 0.15) is 74.1 Å². The third kappa shape index (κ3) is 20.4. The molecule has 0 aliphatic carbocycles. The molecular weight excluding hydrogens is 1330 g/mol. The summed E-state index contributed by atoms with van der Waals surface area (Å²) >= 11 is 0. The average molecular weight is 1440 g/mol. The number of carbonyl (C=O) groups excluding carboxylic acids is 1. The van der Waals surface area contributed by atoms with Crippen molar-refractivity contribution in [1.29, 1.82) is 0 Å². The van der Waals surface area contributed by atoms with Gasteiger partial charge in [0.05, 0.1) is 85.2 Å². The molecule has 0 unspecified atom stereocenters. The molecule has 4 aromatic carbocycles. The summed E-state index contributed by atoms with van der Waals surface area (Å²) in [7, 11) is 25.7. The number of likely N-dealkylation sites (N-methyl/N-ethyl adjacent to an activating group) is 1. The number of rotatable bonds is 27. The zero-order valence-electron chi connectivity index (χ0n) is 65.4. The lowest BCUT2D eigenvalue weighted by Crippen LogP contribution is -2.13. The largest absolute Gasteiger partial charge is 0.496 e. The van der Waals surface area contributed by atoms with Gasteiger partial charge in [-0.3, -0.25) is 4.79 Å². The summed E-state index contributed by atoms with van der Waals surface area (Å²) in [5.41, 5.74) is 23.1. The first-order chi connectivity index (χ1) is 51.0. The Bertz CT molecular complexity index is 4700. The fourth-order valence-corrected chi connectivity index (χ4v) is 12.5. The van der Waals surface area contributed by atoms with E-state index in [1.54, 1.807) is 68.0 Å². The van der Waals surface area contributed by atoms with Crippen molar-refractivity contribution < 1.29 is 42.7 Å². The van der Waals surface area contributed by atoms with E-state index in [0.717, 1.165) is 199 Å². The Kier molecular flexibility index (Phi) is 29.3. The molecule has 0 aliphatic heterocycles. The molecule has 7 heterocycles. The predicted molar refractivity (Wildman–Crippen MR) is 429 cm³/mol. The summed E-state index contributed by atoms with van der Waals surface area (Å²) in [5, 5.41) is 0. The quantitative estimate of drug-likeness (QED) is 0.0477. The lowest BCUT2D eigenvalue weighted by atomic mass is 10.0. The number of pyridine rings is 4. The van der Waals surface area contributed by atoms with Gasteiger partial charge in [0.25, 0.3) is 0 Å². The van der Waals surface area contributed by atoms with Crippen LogP contribution >= 0.6 is 0 Å². The van der Waals surface area contributed by atoms with Crippen molar-refractivity contribution >= 4 is 18.2 Å². The number of benzene rings is 4. The minimum absolute atomic E-state index is 0.441. The lowest BCUT2D eigenvalue weighted by Gasteiger charge is -2.16. The van der Waals surface area contributed by atoms with Crippen LogP contribution in [0.2, 0.25) is 0 Å². The normalized spacial score (nSPS) is 11.0. The number of hydrogen-bond donors (Lipinski definition) is 1. The summed E-state index contributed by atoms with van der Waals surface area (Å²) < 4.78 is 51.1. The first kappa shape index (κ1) is 80.5. The molecule has 2 N–H and O–H groups in total. The maximum Gasteiger partial charge on any atom is 0.153 e. The van der Waals surface area contributed by atoms with Gasteiger partial charge in [0.1, 0.15) is 69.3 Å².